The van der Waals surface area contributed by atoms with Crippen molar-refractivity contribution >= 4 is 17.8 Å². The molecule has 2 amide bonds. The maximum Gasteiger partial charge on any atom is 0.308 e. The van der Waals surface area contributed by atoms with Gasteiger partial charge in [-0.25, -0.2) is 0 Å². The second kappa shape index (κ2) is 5.18. The summed E-state index contributed by atoms with van der Waals surface area (Å²) in [6.45, 7) is 0.353. The molecule has 1 heterocycles. The summed E-state index contributed by atoms with van der Waals surface area (Å²) in [7, 11) is 1.39. The Morgan fingerprint density at radius 1 is 1.09 bits per heavy atom. The summed E-state index contributed by atoms with van der Waals surface area (Å²) in [4.78, 5) is 38.5. The Balaban J connectivity index is 1.51. The molecule has 1 aromatic rings. The second-order valence-electron chi connectivity index (χ2n) is 6.82. The van der Waals surface area contributed by atoms with E-state index in [1.54, 1.807) is 0 Å². The number of carbonyl (C=O) groups is 3. The van der Waals surface area contributed by atoms with Gasteiger partial charge in [0.15, 0.2) is 0 Å². The zero-order valence-corrected chi connectivity index (χ0v) is 13.0. The van der Waals surface area contributed by atoms with Gasteiger partial charge in [0.2, 0.25) is 11.8 Å². The van der Waals surface area contributed by atoms with Crippen molar-refractivity contribution in [2.75, 3.05) is 7.11 Å². The van der Waals surface area contributed by atoms with Gasteiger partial charge in [0.1, 0.15) is 0 Å². The molecule has 1 unspecified atom stereocenters. The number of likely N-dealkylation sites (tertiary alicyclic amines) is 1. The lowest BCUT2D eigenvalue weighted by Crippen LogP contribution is -2.45. The molecular formula is C18H19NO4. The Morgan fingerprint density at radius 2 is 1.65 bits per heavy atom. The van der Waals surface area contributed by atoms with E-state index in [-0.39, 0.29) is 47.4 Å². The molecule has 4 rings (SSSR count). The predicted molar refractivity (Wildman–Crippen MR) is 80.7 cm³/mol. The van der Waals surface area contributed by atoms with Gasteiger partial charge in [0.25, 0.3) is 0 Å². The highest BCUT2D eigenvalue weighted by molar-refractivity contribution is 6.07. The van der Waals surface area contributed by atoms with E-state index >= 15 is 0 Å². The van der Waals surface area contributed by atoms with E-state index in [2.05, 4.69) is 0 Å². The fraction of sp³-hybridized carbons (Fsp3) is 0.500. The van der Waals surface area contributed by atoms with Crippen molar-refractivity contribution in [3.63, 3.8) is 0 Å². The van der Waals surface area contributed by atoms with E-state index in [0.717, 1.165) is 5.56 Å². The second-order valence-corrected chi connectivity index (χ2v) is 6.82. The number of benzene rings is 1. The normalized spacial score (nSPS) is 34.8. The fourth-order valence-electron chi connectivity index (χ4n) is 4.74. The van der Waals surface area contributed by atoms with Gasteiger partial charge in [0, 0.05) is 0 Å². The van der Waals surface area contributed by atoms with Gasteiger partial charge in [-0.05, 0) is 30.2 Å². The summed E-state index contributed by atoms with van der Waals surface area (Å²) in [5.41, 5.74) is 0.966. The Morgan fingerprint density at radius 3 is 2.17 bits per heavy atom. The lowest BCUT2D eigenvalue weighted by atomic mass is 9.59. The number of ether oxygens (including phenoxy) is 1. The van der Waals surface area contributed by atoms with Crippen LogP contribution >= 0.6 is 0 Å². The van der Waals surface area contributed by atoms with Crippen molar-refractivity contribution in [1.82, 2.24) is 4.90 Å². The minimum atomic E-state index is -0.217. The van der Waals surface area contributed by atoms with Crippen LogP contribution in [0.2, 0.25) is 0 Å². The molecule has 2 saturated carbocycles. The SMILES string of the molecule is COC(=O)C1C[C@@H]2[C@H](C1)[C@H]1C(=O)N(Cc3ccccc3)C(=O)[C@@H]21. The van der Waals surface area contributed by atoms with Crippen molar-refractivity contribution in [2.24, 2.45) is 29.6 Å². The molecule has 5 heteroatoms. The molecule has 23 heavy (non-hydrogen) atoms. The highest BCUT2D eigenvalue weighted by Gasteiger charge is 2.67. The van der Waals surface area contributed by atoms with Gasteiger partial charge in [-0.2, -0.15) is 0 Å². The highest BCUT2D eigenvalue weighted by Crippen LogP contribution is 2.61. The minimum Gasteiger partial charge on any atom is -0.469 e. The minimum absolute atomic E-state index is 0.0596. The molecule has 1 saturated heterocycles. The molecule has 0 spiro atoms. The molecular weight excluding hydrogens is 294 g/mol. The third kappa shape index (κ3) is 2.02. The maximum absolute atomic E-state index is 12.7. The van der Waals surface area contributed by atoms with Crippen molar-refractivity contribution in [1.29, 1.82) is 0 Å². The molecule has 0 radical (unpaired) electrons. The molecule has 1 aliphatic heterocycles. The maximum atomic E-state index is 12.7. The number of methoxy groups -OCH3 is 1. The van der Waals surface area contributed by atoms with Crippen LogP contribution in [0.3, 0.4) is 0 Å². The topological polar surface area (TPSA) is 63.7 Å². The first-order valence-corrected chi connectivity index (χ1v) is 8.08. The molecule has 5 atom stereocenters. The zero-order chi connectivity index (χ0) is 16.1. The number of esters is 1. The molecule has 0 N–H and O–H groups in total. The molecule has 1 aromatic carbocycles. The van der Waals surface area contributed by atoms with Crippen LogP contribution in [-0.2, 0) is 25.7 Å². The lowest BCUT2D eigenvalue weighted by Gasteiger charge is -2.40. The van der Waals surface area contributed by atoms with Crippen LogP contribution in [0.4, 0.5) is 0 Å². The summed E-state index contributed by atoms with van der Waals surface area (Å²) >= 11 is 0. The van der Waals surface area contributed by atoms with Crippen LogP contribution in [0.25, 0.3) is 0 Å². The first-order chi connectivity index (χ1) is 11.1. The summed E-state index contributed by atoms with van der Waals surface area (Å²) in [5, 5.41) is 0. The van der Waals surface area contributed by atoms with E-state index in [1.807, 2.05) is 30.3 Å². The van der Waals surface area contributed by atoms with Gasteiger partial charge in [-0.15, -0.1) is 0 Å². The molecule has 3 aliphatic rings. The van der Waals surface area contributed by atoms with Crippen LogP contribution in [0.5, 0.6) is 0 Å². The van der Waals surface area contributed by atoms with Crippen LogP contribution in [0.15, 0.2) is 30.3 Å². The van der Waals surface area contributed by atoms with E-state index < -0.39 is 0 Å². The molecule has 3 fully saturated rings. The molecule has 120 valence electrons. The van der Waals surface area contributed by atoms with Gasteiger partial charge in [-0.1, -0.05) is 30.3 Å². The quantitative estimate of drug-likeness (QED) is 0.628. The molecule has 0 bridgehead atoms. The van der Waals surface area contributed by atoms with Crippen molar-refractivity contribution in [3.8, 4) is 0 Å². The summed E-state index contributed by atoms with van der Waals surface area (Å²) in [6.07, 6.45) is 1.35. The number of rotatable bonds is 3. The van der Waals surface area contributed by atoms with Crippen LogP contribution in [0.1, 0.15) is 18.4 Å². The molecule has 2 aliphatic carbocycles. The Bertz CT molecular complexity index is 641. The van der Waals surface area contributed by atoms with E-state index in [1.165, 1.54) is 12.0 Å². The van der Waals surface area contributed by atoms with Gasteiger partial charge >= 0.3 is 5.97 Å². The fourth-order valence-corrected chi connectivity index (χ4v) is 4.74. The third-order valence-corrected chi connectivity index (χ3v) is 5.79. The summed E-state index contributed by atoms with van der Waals surface area (Å²) in [6, 6.07) is 9.58. The Kier molecular flexibility index (Phi) is 3.25. The standard InChI is InChI=1S/C18H19NO4/c1-23-18(22)11-7-12-13(8-11)15-14(12)16(20)19(17(15)21)9-10-5-3-2-4-6-10/h2-6,11-15H,7-9H2,1H3/t11?,12-,13+,14+,15-. The summed E-state index contributed by atoms with van der Waals surface area (Å²) in [5.74, 6) is -0.576. The average Bonchev–Trinajstić information content (AvgIpc) is 3.00. The van der Waals surface area contributed by atoms with Crippen molar-refractivity contribution < 1.29 is 19.1 Å². The number of nitrogens with zero attached hydrogens (tertiary/aromatic N) is 1. The van der Waals surface area contributed by atoms with Gasteiger partial charge in [-0.3, -0.25) is 19.3 Å². The number of imide groups is 1. The number of amides is 2. The van der Waals surface area contributed by atoms with Gasteiger partial charge < -0.3 is 4.74 Å². The number of hydrogen-bond donors (Lipinski definition) is 0. The number of fused-ring (bicyclic) bond motifs is 4. The third-order valence-electron chi connectivity index (χ3n) is 5.79. The van der Waals surface area contributed by atoms with E-state index in [4.69, 9.17) is 4.74 Å². The first-order valence-electron chi connectivity index (χ1n) is 8.08. The van der Waals surface area contributed by atoms with Gasteiger partial charge in [0.05, 0.1) is 31.4 Å². The molecule has 0 aromatic heterocycles. The first kappa shape index (κ1) is 14.4. The van der Waals surface area contributed by atoms with Crippen LogP contribution in [-0.4, -0.2) is 29.8 Å². The average molecular weight is 313 g/mol. The molecule has 5 nitrogen and oxygen atoms in total. The van der Waals surface area contributed by atoms with Crippen molar-refractivity contribution in [3.05, 3.63) is 35.9 Å². The number of hydrogen-bond acceptors (Lipinski definition) is 4. The zero-order valence-electron chi connectivity index (χ0n) is 13.0. The lowest BCUT2D eigenvalue weighted by molar-refractivity contribution is -0.146. The highest BCUT2D eigenvalue weighted by atomic mass is 16.5. The predicted octanol–water partition coefficient (Wildman–Crippen LogP) is 1.62. The largest absolute Gasteiger partial charge is 0.469 e. The van der Waals surface area contributed by atoms with E-state index in [9.17, 15) is 14.4 Å². The Hall–Kier alpha value is -2.17. The van der Waals surface area contributed by atoms with Crippen molar-refractivity contribution in [2.45, 2.75) is 19.4 Å². The number of carbonyl (C=O) groups excluding carboxylic acids is 3. The smallest absolute Gasteiger partial charge is 0.308 e. The monoisotopic (exact) mass is 313 g/mol. The Labute approximate surface area is 134 Å². The van der Waals surface area contributed by atoms with E-state index in [0.29, 0.717) is 19.4 Å². The van der Waals surface area contributed by atoms with Crippen LogP contribution < -0.4 is 0 Å². The van der Waals surface area contributed by atoms with Crippen LogP contribution in [0, 0.1) is 29.6 Å². The summed E-state index contributed by atoms with van der Waals surface area (Å²) < 4.78 is 4.82.